The molecule has 2 aromatic carbocycles. The molecule has 0 fully saturated rings. The molecule has 1 aliphatic heterocycles. The van der Waals surface area contributed by atoms with Crippen molar-refractivity contribution in [1.82, 2.24) is 5.32 Å². The number of benzene rings is 2. The van der Waals surface area contributed by atoms with E-state index < -0.39 is 29.3 Å². The van der Waals surface area contributed by atoms with Gasteiger partial charge in [0.2, 0.25) is 5.96 Å². The van der Waals surface area contributed by atoms with E-state index in [0.717, 1.165) is 0 Å². The smallest absolute Gasteiger partial charge is 0.270 e. The fraction of sp³-hybridized carbons (Fsp3) is 0.263. The van der Waals surface area contributed by atoms with Gasteiger partial charge in [-0.05, 0) is 37.3 Å². The molecule has 3 unspecified atom stereocenters. The fourth-order valence-electron chi connectivity index (χ4n) is 3.01. The van der Waals surface area contributed by atoms with Crippen LogP contribution in [0.4, 0.5) is 11.4 Å². The van der Waals surface area contributed by atoms with Crippen molar-refractivity contribution in [3.63, 3.8) is 0 Å². The van der Waals surface area contributed by atoms with E-state index >= 15 is 0 Å². The summed E-state index contributed by atoms with van der Waals surface area (Å²) in [6.45, 7) is 0.969. The van der Waals surface area contributed by atoms with Gasteiger partial charge in [0.15, 0.2) is 11.8 Å². The molecule has 11 heteroatoms. The third kappa shape index (κ3) is 4.28. The van der Waals surface area contributed by atoms with Gasteiger partial charge in [0.05, 0.1) is 11.5 Å². The Bertz CT molecular complexity index is 1020. The van der Waals surface area contributed by atoms with Crippen molar-refractivity contribution < 1.29 is 19.9 Å². The van der Waals surface area contributed by atoms with Crippen LogP contribution >= 0.6 is 11.6 Å². The Hall–Kier alpha value is -3.39. The first-order valence-electron chi connectivity index (χ1n) is 8.79. The van der Waals surface area contributed by atoms with Gasteiger partial charge in [0, 0.05) is 28.4 Å². The lowest BCUT2D eigenvalue weighted by Gasteiger charge is -2.41. The van der Waals surface area contributed by atoms with E-state index in [0.29, 0.717) is 10.7 Å². The topological polar surface area (TPSA) is 153 Å². The minimum atomic E-state index is -1.41. The van der Waals surface area contributed by atoms with Crippen molar-refractivity contribution in [3.05, 3.63) is 63.2 Å². The number of halogens is 1. The van der Waals surface area contributed by atoms with Gasteiger partial charge in [-0.15, -0.1) is 0 Å². The van der Waals surface area contributed by atoms with Gasteiger partial charge in [0.25, 0.3) is 5.69 Å². The summed E-state index contributed by atoms with van der Waals surface area (Å²) in [5.41, 5.74) is -0.808. The van der Waals surface area contributed by atoms with Crippen LogP contribution in [0.25, 0.3) is 0 Å². The van der Waals surface area contributed by atoms with Crippen LogP contribution in [0.2, 0.25) is 5.02 Å². The largest absolute Gasteiger partial charge is 0.482 e. The number of nitrogens with one attached hydrogen (secondary N) is 2. The highest BCUT2D eigenvalue weighted by molar-refractivity contribution is 6.30. The van der Waals surface area contributed by atoms with E-state index in [1.54, 1.807) is 30.5 Å². The number of guanidine groups is 1. The number of nitrogens with zero attached hydrogens (tertiary/aromatic N) is 3. The molecule has 0 bridgehead atoms. The third-order valence-electron chi connectivity index (χ3n) is 4.65. The summed E-state index contributed by atoms with van der Waals surface area (Å²) in [5.74, 6) is 0.225. The lowest BCUT2D eigenvalue weighted by atomic mass is 9.86. The highest BCUT2D eigenvalue weighted by Gasteiger charge is 2.46. The number of nitro benzene ring substituents is 1. The summed E-state index contributed by atoms with van der Waals surface area (Å²) < 4.78 is 5.71. The lowest BCUT2D eigenvalue weighted by molar-refractivity contribution is -0.385. The molecule has 0 radical (unpaired) electrons. The number of nitriles is 1. The van der Waals surface area contributed by atoms with Crippen molar-refractivity contribution in [3.8, 4) is 11.9 Å². The van der Waals surface area contributed by atoms with E-state index in [-0.39, 0.29) is 23.0 Å². The zero-order valence-corrected chi connectivity index (χ0v) is 16.5. The Morgan fingerprint density at radius 2 is 2.10 bits per heavy atom. The minimum Gasteiger partial charge on any atom is -0.482 e. The highest BCUT2D eigenvalue weighted by Crippen LogP contribution is 2.43. The van der Waals surface area contributed by atoms with Crippen LogP contribution in [0, 0.1) is 21.6 Å². The number of hydrogen-bond donors (Lipinski definition) is 4. The summed E-state index contributed by atoms with van der Waals surface area (Å²) >= 11 is 5.88. The van der Waals surface area contributed by atoms with Crippen molar-refractivity contribution in [2.75, 3.05) is 11.9 Å². The average Bonchev–Trinajstić information content (AvgIpc) is 2.72. The molecular weight excluding hydrogens is 414 g/mol. The number of fused-ring (bicyclic) bond motifs is 1. The van der Waals surface area contributed by atoms with Crippen LogP contribution in [0.3, 0.4) is 0 Å². The molecule has 1 heterocycles. The second kappa shape index (κ2) is 8.54. The molecule has 1 aliphatic rings. The summed E-state index contributed by atoms with van der Waals surface area (Å²) in [4.78, 5) is 15.0. The summed E-state index contributed by atoms with van der Waals surface area (Å²) in [6.07, 6.45) is 0.391. The minimum absolute atomic E-state index is 0.0106. The van der Waals surface area contributed by atoms with Crippen LogP contribution < -0.4 is 15.4 Å². The fourth-order valence-corrected chi connectivity index (χ4v) is 3.14. The van der Waals surface area contributed by atoms with Gasteiger partial charge in [-0.3, -0.25) is 15.4 Å². The molecule has 0 aromatic heterocycles. The Morgan fingerprint density at radius 1 is 1.40 bits per heavy atom. The molecule has 0 aliphatic carbocycles. The number of ether oxygens (including phenoxy) is 1. The molecule has 0 saturated carbocycles. The van der Waals surface area contributed by atoms with Gasteiger partial charge < -0.3 is 20.3 Å². The van der Waals surface area contributed by atoms with E-state index in [2.05, 4.69) is 15.6 Å². The van der Waals surface area contributed by atoms with E-state index in [1.807, 2.05) is 0 Å². The van der Waals surface area contributed by atoms with Crippen molar-refractivity contribution in [2.24, 2.45) is 4.99 Å². The monoisotopic (exact) mass is 431 g/mol. The number of aliphatic hydroxyl groups is 2. The Morgan fingerprint density at radius 3 is 2.70 bits per heavy atom. The standard InChI is InChI=1S/C19H18ClN5O5/c1-19(9-26)17(27)16(14-8-13(25(28)29)6-7-15(14)30-19)24-18(22-10-21)23-12-4-2-11(20)3-5-12/h2-8,16-17,26-27H,9H2,1H3,(H2,22,23,24). The normalized spacial score (nSPS) is 23.0. The Kier molecular flexibility index (Phi) is 6.07. The molecule has 4 N–H and O–H groups in total. The number of hydrogen-bond acceptors (Lipinski definition) is 7. The third-order valence-corrected chi connectivity index (χ3v) is 4.91. The maximum atomic E-state index is 11.2. The van der Waals surface area contributed by atoms with Crippen LogP contribution in [0.1, 0.15) is 18.5 Å². The average molecular weight is 432 g/mol. The van der Waals surface area contributed by atoms with Gasteiger partial charge in [0.1, 0.15) is 17.9 Å². The molecule has 10 nitrogen and oxygen atoms in total. The summed E-state index contributed by atoms with van der Waals surface area (Å²) in [7, 11) is 0. The predicted octanol–water partition coefficient (Wildman–Crippen LogP) is 2.33. The first kappa shape index (κ1) is 21.3. The van der Waals surface area contributed by atoms with Crippen molar-refractivity contribution in [2.45, 2.75) is 24.7 Å². The zero-order chi connectivity index (χ0) is 21.9. The lowest BCUT2D eigenvalue weighted by Crippen LogP contribution is -2.53. The second-order valence-electron chi connectivity index (χ2n) is 6.79. The second-order valence-corrected chi connectivity index (χ2v) is 7.22. The van der Waals surface area contributed by atoms with Crippen molar-refractivity contribution >= 4 is 28.9 Å². The van der Waals surface area contributed by atoms with E-state index in [9.17, 15) is 20.3 Å². The zero-order valence-electron chi connectivity index (χ0n) is 15.7. The molecule has 3 atom stereocenters. The van der Waals surface area contributed by atoms with Gasteiger partial charge in [-0.25, -0.2) is 4.99 Å². The molecule has 2 aromatic rings. The predicted molar refractivity (Wildman–Crippen MR) is 109 cm³/mol. The van der Waals surface area contributed by atoms with Crippen LogP contribution in [0.5, 0.6) is 5.75 Å². The molecule has 156 valence electrons. The first-order valence-corrected chi connectivity index (χ1v) is 9.17. The first-order chi connectivity index (χ1) is 14.3. The maximum Gasteiger partial charge on any atom is 0.270 e. The Balaban J connectivity index is 2.07. The Labute approximate surface area is 176 Å². The molecule has 0 saturated heterocycles. The SMILES string of the molecule is CC1(CO)Oc2ccc([N+](=O)[O-])cc2C(N=C(NC#N)Nc2ccc(Cl)cc2)C1O. The van der Waals surface area contributed by atoms with E-state index in [4.69, 9.17) is 21.6 Å². The van der Waals surface area contributed by atoms with Crippen LogP contribution in [0.15, 0.2) is 47.5 Å². The van der Waals surface area contributed by atoms with Gasteiger partial charge in [-0.1, -0.05) is 11.6 Å². The van der Waals surface area contributed by atoms with Crippen LogP contribution in [-0.2, 0) is 0 Å². The number of non-ortho nitro benzene ring substituents is 1. The van der Waals surface area contributed by atoms with E-state index in [1.165, 1.54) is 25.1 Å². The number of aliphatic imine (C=N–C) groups is 1. The molecule has 30 heavy (non-hydrogen) atoms. The van der Waals surface area contributed by atoms with Gasteiger partial charge >= 0.3 is 0 Å². The quantitative estimate of drug-likeness (QED) is 0.144. The molecule has 0 amide bonds. The molecule has 3 rings (SSSR count). The number of nitro groups is 1. The number of rotatable bonds is 4. The summed E-state index contributed by atoms with van der Waals surface area (Å²) in [5, 5.41) is 46.7. The van der Waals surface area contributed by atoms with Crippen LogP contribution in [-0.4, -0.2) is 39.4 Å². The summed E-state index contributed by atoms with van der Waals surface area (Å²) in [6, 6.07) is 9.42. The van der Waals surface area contributed by atoms with Crippen molar-refractivity contribution in [1.29, 1.82) is 5.26 Å². The molecule has 0 spiro atoms. The maximum absolute atomic E-state index is 11.2. The number of aliphatic hydroxyl groups excluding tert-OH is 2. The highest BCUT2D eigenvalue weighted by atomic mass is 35.5. The number of anilines is 1. The molecular formula is C19H18ClN5O5. The van der Waals surface area contributed by atoms with Gasteiger partial charge in [-0.2, -0.15) is 5.26 Å².